The molecule has 0 aromatic heterocycles. The van der Waals surface area contributed by atoms with Crippen molar-refractivity contribution in [1.82, 2.24) is 0 Å². The molecule has 1 N–H and O–H groups in total. The number of halogens is 1. The van der Waals surface area contributed by atoms with E-state index in [2.05, 4.69) is 20.7 Å². The number of rotatable bonds is 5. The fraction of sp³-hybridized carbons (Fsp3) is 0.200. The molecule has 0 amide bonds. The quantitative estimate of drug-likeness (QED) is 0.858. The van der Waals surface area contributed by atoms with Crippen molar-refractivity contribution in [3.8, 4) is 5.75 Å². The summed E-state index contributed by atoms with van der Waals surface area (Å²) in [5.41, 5.74) is 1.48. The van der Waals surface area contributed by atoms with E-state index in [1.165, 1.54) is 13.2 Å². The second-order valence-corrected chi connectivity index (χ2v) is 7.41. The maximum Gasteiger partial charge on any atom is 0.265 e. The SMILES string of the molecule is COc1ccc(Br)cc1S(=O)(=O)Nc1ccc(N(C)C)cc1. The number of hydrogen-bond acceptors (Lipinski definition) is 4. The van der Waals surface area contributed by atoms with E-state index in [1.807, 2.05) is 31.1 Å². The number of anilines is 2. The Morgan fingerprint density at radius 2 is 1.73 bits per heavy atom. The van der Waals surface area contributed by atoms with Gasteiger partial charge in [0.25, 0.3) is 10.0 Å². The zero-order valence-electron chi connectivity index (χ0n) is 12.5. The van der Waals surface area contributed by atoms with Crippen LogP contribution in [0.3, 0.4) is 0 Å². The largest absolute Gasteiger partial charge is 0.495 e. The first-order valence-electron chi connectivity index (χ1n) is 6.47. The van der Waals surface area contributed by atoms with E-state index in [4.69, 9.17) is 4.74 Å². The van der Waals surface area contributed by atoms with E-state index in [1.54, 1.807) is 24.3 Å². The van der Waals surface area contributed by atoms with Crippen LogP contribution in [0.4, 0.5) is 11.4 Å². The molecular formula is C15H17BrN2O3S. The van der Waals surface area contributed by atoms with E-state index in [0.717, 1.165) is 5.69 Å². The standard InChI is InChI=1S/C15H17BrN2O3S/c1-18(2)13-7-5-12(6-8-13)17-22(19,20)15-10-11(16)4-9-14(15)21-3/h4-10,17H,1-3H3. The summed E-state index contributed by atoms with van der Waals surface area (Å²) in [6.07, 6.45) is 0. The predicted octanol–water partition coefficient (Wildman–Crippen LogP) is 3.32. The van der Waals surface area contributed by atoms with E-state index in [-0.39, 0.29) is 4.90 Å². The summed E-state index contributed by atoms with van der Waals surface area (Å²) in [7, 11) is 1.55. The lowest BCUT2D eigenvalue weighted by molar-refractivity contribution is 0.403. The van der Waals surface area contributed by atoms with E-state index in [0.29, 0.717) is 15.9 Å². The Morgan fingerprint density at radius 3 is 2.27 bits per heavy atom. The number of sulfonamides is 1. The van der Waals surface area contributed by atoms with Crippen molar-refractivity contribution in [2.45, 2.75) is 4.90 Å². The summed E-state index contributed by atoms with van der Waals surface area (Å²) >= 11 is 3.28. The summed E-state index contributed by atoms with van der Waals surface area (Å²) in [6, 6.07) is 12.0. The van der Waals surface area contributed by atoms with E-state index >= 15 is 0 Å². The van der Waals surface area contributed by atoms with Crippen LogP contribution in [0.1, 0.15) is 0 Å². The van der Waals surface area contributed by atoms with Gasteiger partial charge >= 0.3 is 0 Å². The molecule has 0 aliphatic carbocycles. The fourth-order valence-electron chi connectivity index (χ4n) is 1.90. The van der Waals surface area contributed by atoms with Crippen molar-refractivity contribution in [2.75, 3.05) is 30.8 Å². The fourth-order valence-corrected chi connectivity index (χ4v) is 3.67. The van der Waals surface area contributed by atoms with Crippen LogP contribution in [-0.2, 0) is 10.0 Å². The molecule has 0 bridgehead atoms. The number of ether oxygens (including phenoxy) is 1. The van der Waals surface area contributed by atoms with E-state index in [9.17, 15) is 8.42 Å². The summed E-state index contributed by atoms with van der Waals surface area (Å²) in [5.74, 6) is 0.292. The Labute approximate surface area is 139 Å². The van der Waals surface area contributed by atoms with Crippen LogP contribution >= 0.6 is 15.9 Å². The Bertz CT molecular complexity index is 759. The molecule has 0 heterocycles. The molecule has 0 saturated heterocycles. The Hall–Kier alpha value is -1.73. The lowest BCUT2D eigenvalue weighted by Crippen LogP contribution is -2.14. The van der Waals surface area contributed by atoms with Gasteiger partial charge in [-0.2, -0.15) is 0 Å². The average molecular weight is 385 g/mol. The van der Waals surface area contributed by atoms with Crippen LogP contribution in [0.15, 0.2) is 51.8 Å². The second-order valence-electron chi connectivity index (χ2n) is 4.84. The average Bonchev–Trinajstić information content (AvgIpc) is 2.47. The number of nitrogens with one attached hydrogen (secondary N) is 1. The molecular weight excluding hydrogens is 368 g/mol. The molecule has 2 aromatic rings. The van der Waals surface area contributed by atoms with Gasteiger partial charge in [0.2, 0.25) is 0 Å². The summed E-state index contributed by atoms with van der Waals surface area (Å²) < 4.78 is 33.4. The maximum absolute atomic E-state index is 12.5. The minimum Gasteiger partial charge on any atom is -0.495 e. The van der Waals surface area contributed by atoms with Crippen LogP contribution < -0.4 is 14.4 Å². The first-order chi connectivity index (χ1) is 10.3. The van der Waals surface area contributed by atoms with Crippen molar-refractivity contribution >= 4 is 37.3 Å². The third-order valence-electron chi connectivity index (χ3n) is 3.05. The molecule has 2 aromatic carbocycles. The summed E-state index contributed by atoms with van der Waals surface area (Å²) in [4.78, 5) is 2.02. The van der Waals surface area contributed by atoms with Crippen molar-refractivity contribution in [2.24, 2.45) is 0 Å². The molecule has 0 atom stereocenters. The Balaban J connectivity index is 2.33. The van der Waals surface area contributed by atoms with Crippen molar-refractivity contribution in [3.63, 3.8) is 0 Å². The molecule has 118 valence electrons. The number of benzene rings is 2. The number of hydrogen-bond donors (Lipinski definition) is 1. The van der Waals surface area contributed by atoms with E-state index < -0.39 is 10.0 Å². The lowest BCUT2D eigenvalue weighted by atomic mass is 10.3. The van der Waals surface area contributed by atoms with Gasteiger partial charge in [-0.1, -0.05) is 15.9 Å². The lowest BCUT2D eigenvalue weighted by Gasteiger charge is -2.14. The summed E-state index contributed by atoms with van der Waals surface area (Å²) in [5, 5.41) is 0. The number of methoxy groups -OCH3 is 1. The molecule has 0 fully saturated rings. The molecule has 0 unspecified atom stereocenters. The summed E-state index contributed by atoms with van der Waals surface area (Å²) in [6.45, 7) is 0. The number of nitrogens with zero attached hydrogens (tertiary/aromatic N) is 1. The normalized spacial score (nSPS) is 11.1. The maximum atomic E-state index is 12.5. The van der Waals surface area contributed by atoms with Crippen LogP contribution in [0.2, 0.25) is 0 Å². The molecule has 7 heteroatoms. The van der Waals surface area contributed by atoms with Gasteiger partial charge in [-0.25, -0.2) is 8.42 Å². The van der Waals surface area contributed by atoms with Crippen molar-refractivity contribution in [1.29, 1.82) is 0 Å². The van der Waals surface area contributed by atoms with Crippen molar-refractivity contribution in [3.05, 3.63) is 46.9 Å². The molecule has 22 heavy (non-hydrogen) atoms. The van der Waals surface area contributed by atoms with Gasteiger partial charge in [0.1, 0.15) is 10.6 Å². The van der Waals surface area contributed by atoms with Gasteiger partial charge < -0.3 is 9.64 Å². The van der Waals surface area contributed by atoms with Gasteiger partial charge in [-0.15, -0.1) is 0 Å². The monoisotopic (exact) mass is 384 g/mol. The predicted molar refractivity (Wildman–Crippen MR) is 92.3 cm³/mol. The Morgan fingerprint density at radius 1 is 1.09 bits per heavy atom. The van der Waals surface area contributed by atoms with Gasteiger partial charge in [0.15, 0.2) is 0 Å². The van der Waals surface area contributed by atoms with Crippen LogP contribution in [0, 0.1) is 0 Å². The molecule has 0 spiro atoms. The van der Waals surface area contributed by atoms with Gasteiger partial charge in [-0.3, -0.25) is 4.72 Å². The third kappa shape index (κ3) is 3.72. The zero-order chi connectivity index (χ0) is 16.3. The van der Waals surface area contributed by atoms with Crippen LogP contribution in [-0.4, -0.2) is 29.6 Å². The minimum absolute atomic E-state index is 0.0843. The van der Waals surface area contributed by atoms with Gasteiger partial charge in [-0.05, 0) is 42.5 Å². The first kappa shape index (κ1) is 16.6. The molecule has 0 aliphatic heterocycles. The first-order valence-corrected chi connectivity index (χ1v) is 8.75. The highest BCUT2D eigenvalue weighted by molar-refractivity contribution is 9.10. The molecule has 2 rings (SSSR count). The van der Waals surface area contributed by atoms with Crippen LogP contribution in [0.5, 0.6) is 5.75 Å². The second kappa shape index (κ2) is 6.58. The molecule has 5 nitrogen and oxygen atoms in total. The highest BCUT2D eigenvalue weighted by Gasteiger charge is 2.20. The van der Waals surface area contributed by atoms with Gasteiger partial charge in [0.05, 0.1) is 7.11 Å². The Kier molecular flexibility index (Phi) is 4.97. The van der Waals surface area contributed by atoms with Crippen molar-refractivity contribution < 1.29 is 13.2 Å². The van der Waals surface area contributed by atoms with Gasteiger partial charge in [0, 0.05) is 29.9 Å². The smallest absolute Gasteiger partial charge is 0.265 e. The topological polar surface area (TPSA) is 58.6 Å². The minimum atomic E-state index is -3.73. The third-order valence-corrected chi connectivity index (χ3v) is 4.95. The highest BCUT2D eigenvalue weighted by atomic mass is 79.9. The molecule has 0 radical (unpaired) electrons. The molecule has 0 saturated carbocycles. The molecule has 0 aliphatic rings. The highest BCUT2D eigenvalue weighted by Crippen LogP contribution is 2.29. The zero-order valence-corrected chi connectivity index (χ0v) is 14.9. The van der Waals surface area contributed by atoms with Crippen LogP contribution in [0.25, 0.3) is 0 Å².